The second-order valence-electron chi connectivity index (χ2n) is 6.27. The van der Waals surface area contributed by atoms with Crippen LogP contribution >= 0.6 is 23.1 Å². The van der Waals surface area contributed by atoms with Crippen LogP contribution in [0.2, 0.25) is 0 Å². The number of hydrogen-bond donors (Lipinski definition) is 0. The van der Waals surface area contributed by atoms with Gasteiger partial charge in [0.2, 0.25) is 5.91 Å². The van der Waals surface area contributed by atoms with E-state index in [-0.39, 0.29) is 5.91 Å². The number of rotatable bonds is 9. The molecule has 0 atom stereocenters. The van der Waals surface area contributed by atoms with Gasteiger partial charge in [-0.25, -0.2) is 9.97 Å². The van der Waals surface area contributed by atoms with Crippen molar-refractivity contribution in [1.29, 1.82) is 0 Å². The third-order valence-corrected chi connectivity index (χ3v) is 6.60. The number of thioether (sulfide) groups is 1. The largest absolute Gasteiger partial charge is 0.383 e. The topological polar surface area (TPSA) is 64.6 Å². The Balaban J connectivity index is 1.75. The van der Waals surface area contributed by atoms with Gasteiger partial charge in [-0.2, -0.15) is 0 Å². The average molecular weight is 396 g/mol. The molecule has 1 aliphatic carbocycles. The molecule has 26 heavy (non-hydrogen) atoms. The van der Waals surface area contributed by atoms with Crippen molar-refractivity contribution in [3.63, 3.8) is 0 Å². The van der Waals surface area contributed by atoms with Gasteiger partial charge in [-0.15, -0.1) is 11.3 Å². The molecule has 2 aromatic heterocycles. The van der Waals surface area contributed by atoms with Gasteiger partial charge in [-0.05, 0) is 31.7 Å². The lowest BCUT2D eigenvalue weighted by molar-refractivity contribution is -0.129. The summed E-state index contributed by atoms with van der Waals surface area (Å²) in [6, 6.07) is 0. The molecule has 0 unspecified atom stereocenters. The number of fused-ring (bicyclic) bond motifs is 3. The van der Waals surface area contributed by atoms with Gasteiger partial charge in [0.25, 0.3) is 0 Å². The lowest BCUT2D eigenvalue weighted by atomic mass is 10.2. The van der Waals surface area contributed by atoms with Crippen LogP contribution in [0, 0.1) is 6.92 Å². The van der Waals surface area contributed by atoms with Crippen molar-refractivity contribution in [2.75, 3.05) is 46.3 Å². The monoisotopic (exact) mass is 395 g/mol. The van der Waals surface area contributed by atoms with Gasteiger partial charge in [0.1, 0.15) is 15.7 Å². The maximum absolute atomic E-state index is 12.7. The number of amides is 1. The number of ether oxygens (including phenoxy) is 2. The molecule has 6 nitrogen and oxygen atoms in total. The van der Waals surface area contributed by atoms with Crippen molar-refractivity contribution in [2.45, 2.75) is 31.2 Å². The molecule has 0 spiro atoms. The van der Waals surface area contributed by atoms with E-state index in [1.54, 1.807) is 30.5 Å². The second-order valence-corrected chi connectivity index (χ2v) is 8.32. The average Bonchev–Trinajstić information content (AvgIpc) is 3.20. The molecule has 3 rings (SSSR count). The summed E-state index contributed by atoms with van der Waals surface area (Å²) < 4.78 is 10.2. The van der Waals surface area contributed by atoms with Crippen LogP contribution in [0.1, 0.15) is 22.7 Å². The number of methoxy groups -OCH3 is 2. The predicted molar refractivity (Wildman–Crippen MR) is 105 cm³/mol. The summed E-state index contributed by atoms with van der Waals surface area (Å²) in [5.41, 5.74) is 1.40. The SMILES string of the molecule is COCCN(CCOC)C(=O)CSc1nc(C)nc2sc3c(c12)CCC3. The summed E-state index contributed by atoms with van der Waals surface area (Å²) in [7, 11) is 3.29. The molecule has 0 saturated carbocycles. The van der Waals surface area contributed by atoms with Crippen molar-refractivity contribution in [2.24, 2.45) is 0 Å². The minimum atomic E-state index is 0.0837. The van der Waals surface area contributed by atoms with Gasteiger partial charge in [0.05, 0.1) is 19.0 Å². The number of aryl methyl sites for hydroxylation is 3. The van der Waals surface area contributed by atoms with E-state index in [4.69, 9.17) is 9.47 Å². The first-order valence-corrected chi connectivity index (χ1v) is 10.6. The molecule has 2 heterocycles. The lowest BCUT2D eigenvalue weighted by Gasteiger charge is -2.21. The second kappa shape index (κ2) is 9.12. The fourth-order valence-electron chi connectivity index (χ4n) is 3.15. The zero-order chi connectivity index (χ0) is 18.5. The van der Waals surface area contributed by atoms with Crippen LogP contribution in [-0.2, 0) is 27.1 Å². The summed E-state index contributed by atoms with van der Waals surface area (Å²) in [5, 5.41) is 2.12. The Bertz CT molecular complexity index is 771. The molecule has 142 valence electrons. The molecular formula is C18H25N3O3S2. The van der Waals surface area contributed by atoms with Crippen LogP contribution in [0.15, 0.2) is 5.03 Å². The van der Waals surface area contributed by atoms with Crippen molar-refractivity contribution in [3.05, 3.63) is 16.3 Å². The molecule has 2 aromatic rings. The fourth-order valence-corrected chi connectivity index (χ4v) is 5.53. The molecule has 0 bridgehead atoms. The van der Waals surface area contributed by atoms with E-state index < -0.39 is 0 Å². The first kappa shape index (κ1) is 19.5. The van der Waals surface area contributed by atoms with Gasteiger partial charge >= 0.3 is 0 Å². The number of thiophene rings is 1. The van der Waals surface area contributed by atoms with Crippen LogP contribution in [0.5, 0.6) is 0 Å². The summed E-state index contributed by atoms with van der Waals surface area (Å²) in [4.78, 5) is 26.2. The van der Waals surface area contributed by atoms with Crippen molar-refractivity contribution < 1.29 is 14.3 Å². The highest BCUT2D eigenvalue weighted by atomic mass is 32.2. The van der Waals surface area contributed by atoms with Crippen LogP contribution < -0.4 is 0 Å². The van der Waals surface area contributed by atoms with Crippen molar-refractivity contribution in [1.82, 2.24) is 14.9 Å². The molecule has 0 radical (unpaired) electrons. The zero-order valence-electron chi connectivity index (χ0n) is 15.5. The number of carbonyl (C=O) groups excluding carboxylic acids is 1. The molecule has 1 aliphatic rings. The Morgan fingerprint density at radius 2 is 1.92 bits per heavy atom. The number of aromatic nitrogens is 2. The van der Waals surface area contributed by atoms with Crippen LogP contribution in [0.3, 0.4) is 0 Å². The molecule has 0 N–H and O–H groups in total. The molecule has 0 fully saturated rings. The standard InChI is InChI=1S/C18H25N3O3S2/c1-12-19-17(16-13-5-4-6-14(13)26-18(16)20-12)25-11-15(22)21(7-9-23-2)8-10-24-3/h4-11H2,1-3H3. The molecular weight excluding hydrogens is 370 g/mol. The van der Waals surface area contributed by atoms with E-state index in [1.807, 2.05) is 6.92 Å². The Labute approximate surface area is 162 Å². The number of carbonyl (C=O) groups is 1. The van der Waals surface area contributed by atoms with E-state index in [0.717, 1.165) is 28.5 Å². The quantitative estimate of drug-likeness (QED) is 0.480. The van der Waals surface area contributed by atoms with Gasteiger partial charge in [0.15, 0.2) is 0 Å². The Morgan fingerprint density at radius 1 is 1.19 bits per heavy atom. The maximum Gasteiger partial charge on any atom is 0.233 e. The maximum atomic E-state index is 12.7. The highest BCUT2D eigenvalue weighted by molar-refractivity contribution is 8.00. The highest BCUT2D eigenvalue weighted by Crippen LogP contribution is 2.40. The smallest absolute Gasteiger partial charge is 0.233 e. The lowest BCUT2D eigenvalue weighted by Crippen LogP contribution is -2.37. The van der Waals surface area contributed by atoms with Gasteiger partial charge in [-0.1, -0.05) is 11.8 Å². The van der Waals surface area contributed by atoms with E-state index >= 15 is 0 Å². The Morgan fingerprint density at radius 3 is 2.62 bits per heavy atom. The molecule has 8 heteroatoms. The predicted octanol–water partition coefficient (Wildman–Crippen LogP) is 2.70. The van der Waals surface area contributed by atoms with Crippen LogP contribution in [0.25, 0.3) is 10.2 Å². The fraction of sp³-hybridized carbons (Fsp3) is 0.611. The zero-order valence-corrected chi connectivity index (χ0v) is 17.2. The number of hydrogen-bond acceptors (Lipinski definition) is 7. The van der Waals surface area contributed by atoms with E-state index in [1.165, 1.54) is 34.0 Å². The molecule has 0 saturated heterocycles. The normalized spacial score (nSPS) is 13.3. The van der Waals surface area contributed by atoms with Gasteiger partial charge < -0.3 is 14.4 Å². The molecule has 1 amide bonds. The van der Waals surface area contributed by atoms with Crippen molar-refractivity contribution in [3.8, 4) is 0 Å². The first-order valence-electron chi connectivity index (χ1n) is 8.81. The first-order chi connectivity index (χ1) is 12.6. The van der Waals surface area contributed by atoms with Crippen LogP contribution in [-0.4, -0.2) is 67.1 Å². The van der Waals surface area contributed by atoms with E-state index in [9.17, 15) is 4.79 Å². The van der Waals surface area contributed by atoms with Crippen LogP contribution in [0.4, 0.5) is 0 Å². The minimum absolute atomic E-state index is 0.0837. The Kier molecular flexibility index (Phi) is 6.86. The number of nitrogens with zero attached hydrogens (tertiary/aromatic N) is 3. The van der Waals surface area contributed by atoms with Gasteiger partial charge in [-0.3, -0.25) is 4.79 Å². The van der Waals surface area contributed by atoms with Crippen molar-refractivity contribution >= 4 is 39.2 Å². The highest BCUT2D eigenvalue weighted by Gasteiger charge is 2.23. The Hall–Kier alpha value is -1.22. The van der Waals surface area contributed by atoms with E-state index in [0.29, 0.717) is 32.1 Å². The van der Waals surface area contributed by atoms with Gasteiger partial charge in [0, 0.05) is 37.6 Å². The third-order valence-electron chi connectivity index (χ3n) is 4.46. The van der Waals surface area contributed by atoms with E-state index in [2.05, 4.69) is 9.97 Å². The molecule has 0 aromatic carbocycles. The summed E-state index contributed by atoms with van der Waals surface area (Å²) in [6.07, 6.45) is 3.44. The molecule has 0 aliphatic heterocycles. The summed E-state index contributed by atoms with van der Waals surface area (Å²) in [5.74, 6) is 1.22. The minimum Gasteiger partial charge on any atom is -0.383 e. The summed E-state index contributed by atoms with van der Waals surface area (Å²) >= 11 is 3.31. The summed E-state index contributed by atoms with van der Waals surface area (Å²) in [6.45, 7) is 4.11. The third kappa shape index (κ3) is 4.36.